The molecule has 0 saturated heterocycles. The Morgan fingerprint density at radius 2 is 1.92 bits per heavy atom. The standard InChI is InChI=1S/C17H12F2N4O2/c18-10-4-3-8(16(20)25)13(19)12(10)15(24)9-5-21-17-11(9)14(7-1-2-7)22-6-23-17/h3-7H,1-2H2,(H2,20,25)(H,21,22,23). The highest BCUT2D eigenvalue weighted by Crippen LogP contribution is 2.42. The van der Waals surface area contributed by atoms with Gasteiger partial charge >= 0.3 is 0 Å². The smallest absolute Gasteiger partial charge is 0.251 e. The zero-order valence-electron chi connectivity index (χ0n) is 12.8. The average molecular weight is 342 g/mol. The number of rotatable bonds is 4. The van der Waals surface area contributed by atoms with Crippen molar-refractivity contribution in [3.8, 4) is 0 Å². The largest absolute Gasteiger partial charge is 0.366 e. The summed E-state index contributed by atoms with van der Waals surface area (Å²) in [7, 11) is 0. The highest BCUT2D eigenvalue weighted by molar-refractivity contribution is 6.17. The number of hydrogen-bond acceptors (Lipinski definition) is 4. The van der Waals surface area contributed by atoms with Gasteiger partial charge in [-0.1, -0.05) is 0 Å². The first-order valence-corrected chi connectivity index (χ1v) is 7.63. The van der Waals surface area contributed by atoms with Crippen LogP contribution in [0.2, 0.25) is 0 Å². The molecule has 0 aliphatic heterocycles. The lowest BCUT2D eigenvalue weighted by Gasteiger charge is -2.07. The van der Waals surface area contributed by atoms with E-state index in [1.165, 1.54) is 12.5 Å². The van der Waals surface area contributed by atoms with E-state index in [-0.39, 0.29) is 11.5 Å². The Kier molecular flexibility index (Phi) is 3.34. The first kappa shape index (κ1) is 15.4. The average Bonchev–Trinajstić information content (AvgIpc) is 3.32. The molecule has 2 heterocycles. The molecule has 1 aliphatic rings. The van der Waals surface area contributed by atoms with Crippen LogP contribution in [0, 0.1) is 11.6 Å². The van der Waals surface area contributed by atoms with Crippen molar-refractivity contribution in [1.82, 2.24) is 15.0 Å². The van der Waals surface area contributed by atoms with Crippen molar-refractivity contribution >= 4 is 22.7 Å². The third-order valence-electron chi connectivity index (χ3n) is 4.29. The highest BCUT2D eigenvalue weighted by Gasteiger charge is 2.31. The molecule has 2 aromatic heterocycles. The van der Waals surface area contributed by atoms with E-state index in [2.05, 4.69) is 15.0 Å². The molecule has 1 fully saturated rings. The second-order valence-electron chi connectivity index (χ2n) is 5.94. The molecular weight excluding hydrogens is 330 g/mol. The first-order chi connectivity index (χ1) is 12.0. The number of aromatic amines is 1. The molecule has 0 bridgehead atoms. The van der Waals surface area contributed by atoms with Crippen LogP contribution in [0.1, 0.15) is 50.7 Å². The van der Waals surface area contributed by atoms with Crippen LogP contribution < -0.4 is 5.73 Å². The molecule has 6 nitrogen and oxygen atoms in total. The predicted molar refractivity (Wildman–Crippen MR) is 84.2 cm³/mol. The maximum absolute atomic E-state index is 14.5. The lowest BCUT2D eigenvalue weighted by molar-refractivity contribution is 0.0996. The number of nitrogens with two attached hydrogens (primary N) is 1. The number of benzene rings is 1. The van der Waals surface area contributed by atoms with Gasteiger partial charge in [-0.15, -0.1) is 0 Å². The number of halogens is 2. The van der Waals surface area contributed by atoms with Crippen LogP contribution in [0.4, 0.5) is 8.78 Å². The fourth-order valence-electron chi connectivity index (χ4n) is 2.92. The van der Waals surface area contributed by atoms with Gasteiger partial charge in [-0.3, -0.25) is 9.59 Å². The summed E-state index contributed by atoms with van der Waals surface area (Å²) in [5, 5.41) is 0.457. The minimum atomic E-state index is -1.27. The highest BCUT2D eigenvalue weighted by atomic mass is 19.1. The van der Waals surface area contributed by atoms with E-state index in [0.29, 0.717) is 16.7 Å². The Morgan fingerprint density at radius 1 is 1.16 bits per heavy atom. The van der Waals surface area contributed by atoms with Gasteiger partial charge in [-0.2, -0.15) is 0 Å². The van der Waals surface area contributed by atoms with Crippen molar-refractivity contribution in [2.24, 2.45) is 5.73 Å². The Bertz CT molecular complexity index is 1040. The minimum absolute atomic E-state index is 0.0666. The molecule has 1 saturated carbocycles. The SMILES string of the molecule is NC(=O)c1ccc(F)c(C(=O)c2c[nH]c3ncnc(C4CC4)c23)c1F. The van der Waals surface area contributed by atoms with Gasteiger partial charge in [0.05, 0.1) is 27.8 Å². The first-order valence-electron chi connectivity index (χ1n) is 7.63. The van der Waals surface area contributed by atoms with E-state index < -0.39 is 34.5 Å². The summed E-state index contributed by atoms with van der Waals surface area (Å²) < 4.78 is 28.6. The van der Waals surface area contributed by atoms with Gasteiger partial charge in [-0.25, -0.2) is 18.7 Å². The summed E-state index contributed by atoms with van der Waals surface area (Å²) in [6.45, 7) is 0. The van der Waals surface area contributed by atoms with E-state index in [0.717, 1.165) is 25.0 Å². The lowest BCUT2D eigenvalue weighted by Crippen LogP contribution is -2.17. The third kappa shape index (κ3) is 2.37. The van der Waals surface area contributed by atoms with E-state index in [1.54, 1.807) is 0 Å². The number of nitrogens with one attached hydrogen (secondary N) is 1. The number of amides is 1. The number of hydrogen-bond donors (Lipinski definition) is 2. The summed E-state index contributed by atoms with van der Waals surface area (Å²) in [4.78, 5) is 35.2. The number of carbonyl (C=O) groups is 2. The van der Waals surface area contributed by atoms with Crippen LogP contribution >= 0.6 is 0 Å². The van der Waals surface area contributed by atoms with Crippen molar-refractivity contribution in [2.75, 3.05) is 0 Å². The Balaban J connectivity index is 1.92. The molecule has 1 amide bonds. The molecule has 25 heavy (non-hydrogen) atoms. The number of fused-ring (bicyclic) bond motifs is 1. The predicted octanol–water partition coefficient (Wildman–Crippen LogP) is 2.44. The fraction of sp³-hybridized carbons (Fsp3) is 0.176. The molecule has 1 aromatic carbocycles. The van der Waals surface area contributed by atoms with Crippen LogP contribution in [0.15, 0.2) is 24.7 Å². The summed E-state index contributed by atoms with van der Waals surface area (Å²) >= 11 is 0. The molecule has 0 unspecified atom stereocenters. The van der Waals surface area contributed by atoms with Gasteiger partial charge in [-0.05, 0) is 25.0 Å². The molecule has 4 rings (SSSR count). The maximum atomic E-state index is 14.5. The van der Waals surface area contributed by atoms with Gasteiger partial charge < -0.3 is 10.7 Å². The van der Waals surface area contributed by atoms with Crippen molar-refractivity contribution in [1.29, 1.82) is 0 Å². The summed E-state index contributed by atoms with van der Waals surface area (Å²) in [6.07, 6.45) is 4.61. The van der Waals surface area contributed by atoms with Crippen LogP contribution in [0.5, 0.6) is 0 Å². The van der Waals surface area contributed by atoms with Gasteiger partial charge in [0.2, 0.25) is 5.78 Å². The molecule has 8 heteroatoms. The summed E-state index contributed by atoms with van der Waals surface area (Å²) in [6, 6.07) is 1.77. The Labute approximate surface area is 140 Å². The van der Waals surface area contributed by atoms with Crippen LogP contribution in [-0.4, -0.2) is 26.6 Å². The number of carbonyl (C=O) groups excluding carboxylic acids is 2. The monoisotopic (exact) mass is 342 g/mol. The third-order valence-corrected chi connectivity index (χ3v) is 4.29. The Hall–Kier alpha value is -3.16. The van der Waals surface area contributed by atoms with Crippen molar-refractivity contribution in [2.45, 2.75) is 18.8 Å². The molecule has 3 N–H and O–H groups in total. The number of primary amides is 1. The topological polar surface area (TPSA) is 102 Å². The molecule has 1 aliphatic carbocycles. The summed E-state index contributed by atoms with van der Waals surface area (Å²) in [5.41, 5.74) is 4.89. The second-order valence-corrected chi connectivity index (χ2v) is 5.94. The van der Waals surface area contributed by atoms with Crippen molar-refractivity contribution in [3.63, 3.8) is 0 Å². The summed E-state index contributed by atoms with van der Waals surface area (Å²) in [5.74, 6) is -4.09. The van der Waals surface area contributed by atoms with Crippen LogP contribution in [0.25, 0.3) is 11.0 Å². The minimum Gasteiger partial charge on any atom is -0.366 e. The van der Waals surface area contributed by atoms with E-state index in [9.17, 15) is 18.4 Å². The second kappa shape index (κ2) is 5.44. The molecular formula is C17H12F2N4O2. The number of ketones is 1. The van der Waals surface area contributed by atoms with Gasteiger partial charge in [0.1, 0.15) is 23.6 Å². The maximum Gasteiger partial charge on any atom is 0.251 e. The van der Waals surface area contributed by atoms with Gasteiger partial charge in [0.25, 0.3) is 5.91 Å². The molecule has 0 spiro atoms. The Morgan fingerprint density at radius 3 is 2.60 bits per heavy atom. The van der Waals surface area contributed by atoms with E-state index >= 15 is 0 Å². The van der Waals surface area contributed by atoms with Crippen molar-refractivity contribution in [3.05, 3.63) is 58.7 Å². The number of H-pyrrole nitrogens is 1. The fourth-order valence-corrected chi connectivity index (χ4v) is 2.92. The quantitative estimate of drug-likeness (QED) is 0.711. The van der Waals surface area contributed by atoms with Crippen molar-refractivity contribution < 1.29 is 18.4 Å². The van der Waals surface area contributed by atoms with Crippen LogP contribution in [0.3, 0.4) is 0 Å². The van der Waals surface area contributed by atoms with Gasteiger partial charge in [0.15, 0.2) is 0 Å². The zero-order valence-corrected chi connectivity index (χ0v) is 12.8. The van der Waals surface area contributed by atoms with Crippen LogP contribution in [-0.2, 0) is 0 Å². The number of nitrogens with zero attached hydrogens (tertiary/aromatic N) is 2. The zero-order chi connectivity index (χ0) is 17.7. The normalized spacial score (nSPS) is 14.0. The number of aromatic nitrogens is 3. The van der Waals surface area contributed by atoms with E-state index in [4.69, 9.17) is 5.73 Å². The lowest BCUT2D eigenvalue weighted by atomic mass is 9.98. The van der Waals surface area contributed by atoms with E-state index in [1.807, 2.05) is 0 Å². The molecule has 126 valence electrons. The molecule has 0 atom stereocenters. The van der Waals surface area contributed by atoms with Gasteiger partial charge in [0, 0.05) is 12.1 Å². The molecule has 3 aromatic rings. The molecule has 0 radical (unpaired) electrons.